The highest BCUT2D eigenvalue weighted by molar-refractivity contribution is 5.25. The summed E-state index contributed by atoms with van der Waals surface area (Å²) in [5.74, 6) is -0.321. The number of hydrogen-bond acceptors (Lipinski definition) is 3. The van der Waals surface area contributed by atoms with Crippen LogP contribution in [0.2, 0.25) is 0 Å². The lowest BCUT2D eigenvalue weighted by atomic mass is 9.84. The van der Waals surface area contributed by atoms with Crippen molar-refractivity contribution in [3.8, 4) is 0 Å². The van der Waals surface area contributed by atoms with Crippen LogP contribution in [-0.4, -0.2) is 28.1 Å². The van der Waals surface area contributed by atoms with Crippen molar-refractivity contribution in [2.75, 3.05) is 13.1 Å². The summed E-state index contributed by atoms with van der Waals surface area (Å²) in [6, 6.07) is 12.4. The summed E-state index contributed by atoms with van der Waals surface area (Å²) < 4.78 is 13.9. The van der Waals surface area contributed by atoms with Gasteiger partial charge >= 0.3 is 0 Å². The van der Waals surface area contributed by atoms with Gasteiger partial charge in [-0.15, -0.1) is 0 Å². The van der Waals surface area contributed by atoms with Crippen LogP contribution >= 0.6 is 0 Å². The van der Waals surface area contributed by atoms with Gasteiger partial charge in [0, 0.05) is 31.4 Å². The monoisotopic (exact) mass is 286 g/mol. The van der Waals surface area contributed by atoms with Gasteiger partial charge in [0.2, 0.25) is 0 Å². The normalized spacial score (nSPS) is 18.6. The number of aromatic nitrogens is 1. The van der Waals surface area contributed by atoms with Crippen molar-refractivity contribution >= 4 is 0 Å². The van der Waals surface area contributed by atoms with E-state index in [-0.39, 0.29) is 5.82 Å². The molecule has 4 heteroatoms. The Morgan fingerprint density at radius 2 is 1.81 bits per heavy atom. The maximum atomic E-state index is 13.9. The lowest BCUT2D eigenvalue weighted by molar-refractivity contribution is -0.0305. The third kappa shape index (κ3) is 3.12. The molecule has 1 fully saturated rings. The molecule has 3 rings (SSSR count). The van der Waals surface area contributed by atoms with Gasteiger partial charge < -0.3 is 5.11 Å². The van der Waals surface area contributed by atoms with Crippen molar-refractivity contribution in [3.05, 3.63) is 65.7 Å². The third-order valence-electron chi connectivity index (χ3n) is 4.17. The van der Waals surface area contributed by atoms with Crippen molar-refractivity contribution < 1.29 is 9.50 Å². The first-order valence-corrected chi connectivity index (χ1v) is 7.27. The van der Waals surface area contributed by atoms with Crippen LogP contribution in [0, 0.1) is 5.82 Å². The Hall–Kier alpha value is -1.78. The molecule has 0 spiro atoms. The number of pyridine rings is 1. The molecule has 1 aliphatic heterocycles. The fraction of sp³-hybridized carbons (Fsp3) is 0.353. The zero-order valence-electron chi connectivity index (χ0n) is 11.9. The molecule has 0 aliphatic carbocycles. The average Bonchev–Trinajstić information content (AvgIpc) is 2.51. The predicted octanol–water partition coefficient (Wildman–Crippen LogP) is 2.70. The highest BCUT2D eigenvalue weighted by atomic mass is 19.1. The number of nitrogens with zero attached hydrogens (tertiary/aromatic N) is 2. The molecule has 2 heterocycles. The van der Waals surface area contributed by atoms with Gasteiger partial charge in [-0.05, 0) is 31.0 Å². The van der Waals surface area contributed by atoms with Gasteiger partial charge in [0.15, 0.2) is 0 Å². The zero-order valence-corrected chi connectivity index (χ0v) is 11.9. The van der Waals surface area contributed by atoms with Crippen LogP contribution in [-0.2, 0) is 12.1 Å². The first-order chi connectivity index (χ1) is 10.2. The van der Waals surface area contributed by atoms with Crippen LogP contribution in [0.1, 0.15) is 24.1 Å². The second-order valence-electron chi connectivity index (χ2n) is 5.61. The highest BCUT2D eigenvalue weighted by Crippen LogP contribution is 2.34. The van der Waals surface area contributed by atoms with E-state index in [1.807, 2.05) is 18.2 Å². The molecule has 0 bridgehead atoms. The number of benzene rings is 1. The molecule has 0 atom stereocenters. The summed E-state index contributed by atoms with van der Waals surface area (Å²) in [5, 5.41) is 10.7. The maximum Gasteiger partial charge on any atom is 0.129 e. The Morgan fingerprint density at radius 3 is 2.48 bits per heavy atom. The molecular formula is C17H19FN2O. The van der Waals surface area contributed by atoms with Crippen LogP contribution in [0.4, 0.5) is 4.39 Å². The van der Waals surface area contributed by atoms with Crippen molar-refractivity contribution in [1.29, 1.82) is 0 Å². The van der Waals surface area contributed by atoms with Crippen molar-refractivity contribution in [3.63, 3.8) is 0 Å². The third-order valence-corrected chi connectivity index (χ3v) is 4.17. The van der Waals surface area contributed by atoms with Gasteiger partial charge in [0.25, 0.3) is 0 Å². The summed E-state index contributed by atoms with van der Waals surface area (Å²) in [7, 11) is 0. The molecule has 1 N–H and O–H groups in total. The van der Waals surface area contributed by atoms with Crippen molar-refractivity contribution in [2.45, 2.75) is 25.0 Å². The molecule has 1 saturated heterocycles. The van der Waals surface area contributed by atoms with Crippen molar-refractivity contribution in [2.24, 2.45) is 0 Å². The molecule has 21 heavy (non-hydrogen) atoms. The minimum Gasteiger partial charge on any atom is -0.385 e. The lowest BCUT2D eigenvalue weighted by Crippen LogP contribution is -2.42. The molecule has 0 radical (unpaired) electrons. The minimum absolute atomic E-state index is 0.321. The van der Waals surface area contributed by atoms with E-state index in [1.54, 1.807) is 24.4 Å². The van der Waals surface area contributed by atoms with Crippen molar-refractivity contribution in [1.82, 2.24) is 9.88 Å². The van der Waals surface area contributed by atoms with E-state index in [2.05, 4.69) is 9.88 Å². The summed E-state index contributed by atoms with van der Waals surface area (Å²) in [4.78, 5) is 6.56. The van der Waals surface area contributed by atoms with Crippen LogP contribution in [0.3, 0.4) is 0 Å². The smallest absolute Gasteiger partial charge is 0.129 e. The molecule has 1 aromatic carbocycles. The minimum atomic E-state index is -1.05. The van der Waals surface area contributed by atoms with Gasteiger partial charge in [0.05, 0.1) is 11.3 Å². The SMILES string of the molecule is OC1(c2ccccc2F)CCN(Cc2ccccn2)CC1. The molecular weight excluding hydrogens is 267 g/mol. The van der Waals surface area contributed by atoms with Crippen LogP contribution in [0.25, 0.3) is 0 Å². The topological polar surface area (TPSA) is 36.4 Å². The standard InChI is InChI=1S/C17H19FN2O/c18-16-7-2-1-6-15(16)17(21)8-11-20(12-9-17)13-14-5-3-4-10-19-14/h1-7,10,21H,8-9,11-13H2. The number of hydrogen-bond donors (Lipinski definition) is 1. The Kier molecular flexibility index (Phi) is 3.99. The summed E-state index contributed by atoms with van der Waals surface area (Å²) >= 11 is 0. The molecule has 0 unspecified atom stereocenters. The summed E-state index contributed by atoms with van der Waals surface area (Å²) in [6.45, 7) is 2.25. The second kappa shape index (κ2) is 5.92. The van der Waals surface area contributed by atoms with Gasteiger partial charge in [-0.2, -0.15) is 0 Å². The van der Waals surface area contributed by atoms with Crippen LogP contribution in [0.5, 0.6) is 0 Å². The van der Waals surface area contributed by atoms with E-state index in [9.17, 15) is 9.50 Å². The summed E-state index contributed by atoms with van der Waals surface area (Å²) in [6.07, 6.45) is 2.87. The molecule has 1 aliphatic rings. The predicted molar refractivity (Wildman–Crippen MR) is 79.0 cm³/mol. The van der Waals surface area contributed by atoms with E-state index >= 15 is 0 Å². The zero-order chi connectivity index (χ0) is 14.7. The van der Waals surface area contributed by atoms with Gasteiger partial charge in [-0.25, -0.2) is 4.39 Å². The molecule has 2 aromatic rings. The first kappa shape index (κ1) is 14.2. The molecule has 3 nitrogen and oxygen atoms in total. The fourth-order valence-corrected chi connectivity index (χ4v) is 2.91. The quantitative estimate of drug-likeness (QED) is 0.942. The molecule has 110 valence electrons. The molecule has 0 saturated carbocycles. The largest absolute Gasteiger partial charge is 0.385 e. The maximum absolute atomic E-state index is 13.9. The van der Waals surface area contributed by atoms with Crippen LogP contribution < -0.4 is 0 Å². The Morgan fingerprint density at radius 1 is 1.10 bits per heavy atom. The van der Waals surface area contributed by atoms with E-state index in [1.165, 1.54) is 6.07 Å². The van der Waals surface area contributed by atoms with Gasteiger partial charge in [-0.1, -0.05) is 24.3 Å². The number of likely N-dealkylation sites (tertiary alicyclic amines) is 1. The Labute approximate surface area is 124 Å². The number of aliphatic hydroxyl groups is 1. The van der Waals surface area contributed by atoms with Gasteiger partial charge in [0.1, 0.15) is 5.82 Å². The number of rotatable bonds is 3. The summed E-state index contributed by atoms with van der Waals surface area (Å²) in [5.41, 5.74) is 0.391. The lowest BCUT2D eigenvalue weighted by Gasteiger charge is -2.38. The second-order valence-corrected chi connectivity index (χ2v) is 5.61. The van der Waals surface area contributed by atoms with E-state index < -0.39 is 5.60 Å². The Bertz CT molecular complexity index is 595. The average molecular weight is 286 g/mol. The number of halogens is 1. The van der Waals surface area contributed by atoms with E-state index in [4.69, 9.17) is 0 Å². The molecule has 0 amide bonds. The van der Waals surface area contributed by atoms with Crippen LogP contribution in [0.15, 0.2) is 48.7 Å². The van der Waals surface area contributed by atoms with E-state index in [0.717, 1.165) is 25.3 Å². The molecule has 1 aromatic heterocycles. The first-order valence-electron chi connectivity index (χ1n) is 7.27. The fourth-order valence-electron chi connectivity index (χ4n) is 2.91. The van der Waals surface area contributed by atoms with Gasteiger partial charge in [-0.3, -0.25) is 9.88 Å². The highest BCUT2D eigenvalue weighted by Gasteiger charge is 2.35. The Balaban J connectivity index is 1.66. The van der Waals surface area contributed by atoms with E-state index in [0.29, 0.717) is 18.4 Å². The number of piperidine rings is 1.